The van der Waals surface area contributed by atoms with E-state index < -0.39 is 0 Å². The van der Waals surface area contributed by atoms with Crippen LogP contribution >= 0.6 is 0 Å². The second kappa shape index (κ2) is 5.41. The van der Waals surface area contributed by atoms with Gasteiger partial charge in [0.1, 0.15) is 0 Å². The number of aromatic nitrogens is 2. The minimum atomic E-state index is 0.450. The van der Waals surface area contributed by atoms with Crippen LogP contribution in [0.3, 0.4) is 0 Å². The molecule has 0 saturated carbocycles. The van der Waals surface area contributed by atoms with Crippen molar-refractivity contribution in [3.05, 3.63) is 11.7 Å². The highest BCUT2D eigenvalue weighted by Gasteiger charge is 2.23. The first-order valence-electron chi connectivity index (χ1n) is 5.95. The predicted molar refractivity (Wildman–Crippen MR) is 61.4 cm³/mol. The fraction of sp³-hybridized carbons (Fsp3) is 0.818. The van der Waals surface area contributed by atoms with Crippen molar-refractivity contribution in [3.63, 3.8) is 0 Å². The van der Waals surface area contributed by atoms with E-state index in [1.807, 2.05) is 7.05 Å². The van der Waals surface area contributed by atoms with E-state index in [-0.39, 0.29) is 0 Å². The summed E-state index contributed by atoms with van der Waals surface area (Å²) in [6.45, 7) is 3.11. The Hall–Kier alpha value is -0.940. The van der Waals surface area contributed by atoms with Crippen LogP contribution in [0.1, 0.15) is 30.5 Å². The average Bonchev–Trinajstić information content (AvgIpc) is 2.75. The molecule has 2 heterocycles. The van der Waals surface area contributed by atoms with Gasteiger partial charge in [0.15, 0.2) is 5.82 Å². The fourth-order valence-corrected chi connectivity index (χ4v) is 2.14. The van der Waals surface area contributed by atoms with Crippen LogP contribution in [-0.2, 0) is 6.42 Å². The molecule has 1 fully saturated rings. The quantitative estimate of drug-likeness (QED) is 0.813. The first-order valence-corrected chi connectivity index (χ1v) is 5.95. The highest BCUT2D eigenvalue weighted by atomic mass is 16.5. The maximum absolute atomic E-state index is 5.24. The summed E-state index contributed by atoms with van der Waals surface area (Å²) in [5.74, 6) is 2.08. The zero-order valence-electron chi connectivity index (χ0n) is 10.1. The van der Waals surface area contributed by atoms with Crippen molar-refractivity contribution in [3.8, 4) is 0 Å². The third-order valence-electron chi connectivity index (χ3n) is 3.06. The van der Waals surface area contributed by atoms with Gasteiger partial charge in [-0.1, -0.05) is 5.16 Å². The van der Waals surface area contributed by atoms with Crippen molar-refractivity contribution in [2.24, 2.45) is 0 Å². The smallest absolute Gasteiger partial charge is 0.227 e. The molecule has 1 unspecified atom stereocenters. The molecule has 0 spiro atoms. The zero-order valence-corrected chi connectivity index (χ0v) is 10.1. The van der Waals surface area contributed by atoms with E-state index in [1.54, 1.807) is 0 Å². The molecule has 5 heteroatoms. The first-order chi connectivity index (χ1) is 7.79. The molecule has 1 N–H and O–H groups in total. The summed E-state index contributed by atoms with van der Waals surface area (Å²) in [6, 6.07) is 0. The van der Waals surface area contributed by atoms with Crippen LogP contribution in [0.5, 0.6) is 0 Å². The minimum absolute atomic E-state index is 0.450. The topological polar surface area (TPSA) is 54.2 Å². The van der Waals surface area contributed by atoms with Crippen LogP contribution in [0.4, 0.5) is 0 Å². The standard InChI is InChI=1S/C11H20N4O/c1-12-6-5-10-13-11(14-16-10)9-4-3-7-15(2)8-9/h9,12H,3-8H2,1-2H3. The molecule has 0 radical (unpaired) electrons. The third kappa shape index (κ3) is 2.80. The monoisotopic (exact) mass is 224 g/mol. The number of hydrogen-bond acceptors (Lipinski definition) is 5. The van der Waals surface area contributed by atoms with Crippen LogP contribution in [-0.4, -0.2) is 48.8 Å². The summed E-state index contributed by atoms with van der Waals surface area (Å²) in [7, 11) is 4.07. The van der Waals surface area contributed by atoms with Crippen molar-refractivity contribution >= 4 is 0 Å². The van der Waals surface area contributed by atoms with E-state index in [1.165, 1.54) is 19.4 Å². The highest BCUT2D eigenvalue weighted by molar-refractivity contribution is 4.98. The van der Waals surface area contributed by atoms with Crippen LogP contribution in [0.15, 0.2) is 4.52 Å². The molecule has 16 heavy (non-hydrogen) atoms. The number of likely N-dealkylation sites (tertiary alicyclic amines) is 1. The Kier molecular flexibility index (Phi) is 3.90. The van der Waals surface area contributed by atoms with Gasteiger partial charge in [0, 0.05) is 25.4 Å². The average molecular weight is 224 g/mol. The summed E-state index contributed by atoms with van der Waals surface area (Å²) >= 11 is 0. The Bertz CT molecular complexity index is 326. The highest BCUT2D eigenvalue weighted by Crippen LogP contribution is 2.23. The van der Waals surface area contributed by atoms with E-state index >= 15 is 0 Å². The summed E-state index contributed by atoms with van der Waals surface area (Å²) in [4.78, 5) is 6.79. The van der Waals surface area contributed by atoms with Gasteiger partial charge in [-0.2, -0.15) is 4.98 Å². The fourth-order valence-electron chi connectivity index (χ4n) is 2.14. The molecular weight excluding hydrogens is 204 g/mol. The molecule has 5 nitrogen and oxygen atoms in total. The van der Waals surface area contributed by atoms with E-state index in [0.29, 0.717) is 5.92 Å². The van der Waals surface area contributed by atoms with Gasteiger partial charge in [0.2, 0.25) is 5.89 Å². The Morgan fingerprint density at radius 3 is 3.19 bits per heavy atom. The van der Waals surface area contributed by atoms with Crippen LogP contribution in [0, 0.1) is 0 Å². The first kappa shape index (κ1) is 11.5. The largest absolute Gasteiger partial charge is 0.339 e. The Balaban J connectivity index is 1.95. The summed E-state index contributed by atoms with van der Waals surface area (Å²) < 4.78 is 5.24. The Morgan fingerprint density at radius 2 is 2.44 bits per heavy atom. The lowest BCUT2D eigenvalue weighted by Crippen LogP contribution is -2.31. The summed E-state index contributed by atoms with van der Waals surface area (Å²) in [6.07, 6.45) is 3.21. The maximum atomic E-state index is 5.24. The molecule has 2 rings (SSSR count). The van der Waals surface area contributed by atoms with Crippen molar-refractivity contribution in [1.29, 1.82) is 0 Å². The maximum Gasteiger partial charge on any atom is 0.227 e. The molecule has 1 saturated heterocycles. The van der Waals surface area contributed by atoms with E-state index in [9.17, 15) is 0 Å². The number of likely N-dealkylation sites (N-methyl/N-ethyl adjacent to an activating group) is 2. The van der Waals surface area contributed by atoms with Gasteiger partial charge in [-0.3, -0.25) is 0 Å². The number of nitrogens with zero attached hydrogens (tertiary/aromatic N) is 3. The lowest BCUT2D eigenvalue weighted by Gasteiger charge is -2.27. The normalized spacial score (nSPS) is 22.5. The molecule has 1 atom stereocenters. The number of hydrogen-bond donors (Lipinski definition) is 1. The molecule has 0 bridgehead atoms. The Labute approximate surface area is 96.2 Å². The molecule has 1 aliphatic rings. The van der Waals surface area contributed by atoms with Gasteiger partial charge >= 0.3 is 0 Å². The zero-order chi connectivity index (χ0) is 11.4. The van der Waals surface area contributed by atoms with Crippen LogP contribution in [0.25, 0.3) is 0 Å². The molecular formula is C11H20N4O. The molecule has 0 amide bonds. The SMILES string of the molecule is CNCCc1nc(C2CCCN(C)C2)no1. The van der Waals surface area contributed by atoms with Gasteiger partial charge in [0.05, 0.1) is 0 Å². The van der Waals surface area contributed by atoms with E-state index in [2.05, 4.69) is 27.4 Å². The summed E-state index contributed by atoms with van der Waals surface area (Å²) in [5.41, 5.74) is 0. The molecule has 1 aromatic rings. The van der Waals surface area contributed by atoms with Crippen LogP contribution in [0.2, 0.25) is 0 Å². The number of piperidine rings is 1. The van der Waals surface area contributed by atoms with Gasteiger partial charge in [0.25, 0.3) is 0 Å². The Morgan fingerprint density at radius 1 is 1.56 bits per heavy atom. The molecule has 90 valence electrons. The van der Waals surface area contributed by atoms with Gasteiger partial charge in [-0.05, 0) is 33.5 Å². The van der Waals surface area contributed by atoms with Crippen molar-refractivity contribution in [2.45, 2.75) is 25.2 Å². The van der Waals surface area contributed by atoms with Gasteiger partial charge < -0.3 is 14.7 Å². The van der Waals surface area contributed by atoms with Crippen molar-refractivity contribution in [1.82, 2.24) is 20.4 Å². The second-order valence-corrected chi connectivity index (χ2v) is 4.50. The van der Waals surface area contributed by atoms with E-state index in [4.69, 9.17) is 4.52 Å². The van der Waals surface area contributed by atoms with Crippen LogP contribution < -0.4 is 5.32 Å². The minimum Gasteiger partial charge on any atom is -0.339 e. The van der Waals surface area contributed by atoms with Crippen molar-refractivity contribution in [2.75, 3.05) is 33.7 Å². The number of nitrogens with one attached hydrogen (secondary N) is 1. The second-order valence-electron chi connectivity index (χ2n) is 4.50. The van der Waals surface area contributed by atoms with Gasteiger partial charge in [-0.25, -0.2) is 0 Å². The van der Waals surface area contributed by atoms with E-state index in [0.717, 1.165) is 31.2 Å². The third-order valence-corrected chi connectivity index (χ3v) is 3.06. The predicted octanol–water partition coefficient (Wildman–Crippen LogP) is 0.641. The molecule has 0 aliphatic carbocycles. The molecule has 1 aromatic heterocycles. The molecule has 1 aliphatic heterocycles. The summed E-state index contributed by atoms with van der Waals surface area (Å²) in [5, 5.41) is 7.16. The van der Waals surface area contributed by atoms with Gasteiger partial charge in [-0.15, -0.1) is 0 Å². The van der Waals surface area contributed by atoms with Crippen molar-refractivity contribution < 1.29 is 4.52 Å². The lowest BCUT2D eigenvalue weighted by molar-refractivity contribution is 0.242. The lowest BCUT2D eigenvalue weighted by atomic mass is 9.98. The molecule has 0 aromatic carbocycles. The number of rotatable bonds is 4.